The third-order valence-electron chi connectivity index (χ3n) is 3.00. The van der Waals surface area contributed by atoms with Crippen LogP contribution >= 0.6 is 0 Å². The van der Waals surface area contributed by atoms with Gasteiger partial charge >= 0.3 is 0 Å². The van der Waals surface area contributed by atoms with E-state index in [-0.39, 0.29) is 0 Å². The van der Waals surface area contributed by atoms with Crippen LogP contribution in [0.1, 0.15) is 43.6 Å². The fraction of sp³-hybridized carbons (Fsp3) is 0.750. The van der Waals surface area contributed by atoms with Crippen molar-refractivity contribution >= 4 is 0 Å². The lowest BCUT2D eigenvalue weighted by Crippen LogP contribution is -2.11. The molecule has 0 amide bonds. The van der Waals surface area contributed by atoms with E-state index in [1.807, 2.05) is 6.92 Å². The first-order chi connectivity index (χ1) is 7.10. The second kappa shape index (κ2) is 5.31. The Morgan fingerprint density at radius 1 is 1.40 bits per heavy atom. The molecule has 0 saturated carbocycles. The van der Waals surface area contributed by atoms with E-state index < -0.39 is 0 Å². The van der Waals surface area contributed by atoms with E-state index in [2.05, 4.69) is 30.6 Å². The minimum Gasteiger partial charge on any atom is -0.326 e. The van der Waals surface area contributed by atoms with Gasteiger partial charge in [-0.15, -0.1) is 0 Å². The molecule has 1 aromatic heterocycles. The van der Waals surface area contributed by atoms with Gasteiger partial charge in [0.25, 0.3) is 0 Å². The summed E-state index contributed by atoms with van der Waals surface area (Å²) in [5.41, 5.74) is 9.22. The van der Waals surface area contributed by atoms with E-state index in [4.69, 9.17) is 5.73 Å². The van der Waals surface area contributed by atoms with Crippen molar-refractivity contribution in [3.63, 3.8) is 0 Å². The number of rotatable bonds is 5. The van der Waals surface area contributed by atoms with Gasteiger partial charge in [0.1, 0.15) is 0 Å². The molecule has 0 aromatic carbocycles. The van der Waals surface area contributed by atoms with Crippen LogP contribution in [0.5, 0.6) is 0 Å². The highest BCUT2D eigenvalue weighted by molar-refractivity contribution is 5.23. The Kier molecular flexibility index (Phi) is 4.33. The number of nitrogens with zero attached hydrogens (tertiary/aromatic N) is 2. The van der Waals surface area contributed by atoms with Gasteiger partial charge < -0.3 is 5.73 Å². The number of nitrogens with two attached hydrogens (primary N) is 1. The molecule has 0 spiro atoms. The Morgan fingerprint density at radius 3 is 2.53 bits per heavy atom. The molecule has 0 radical (unpaired) electrons. The van der Waals surface area contributed by atoms with Crippen LogP contribution in [0.3, 0.4) is 0 Å². The molecule has 1 atom stereocenters. The summed E-state index contributed by atoms with van der Waals surface area (Å²) < 4.78 is 2.11. The zero-order chi connectivity index (χ0) is 11.4. The molecule has 2 N–H and O–H groups in total. The van der Waals surface area contributed by atoms with Crippen molar-refractivity contribution in [2.45, 2.75) is 53.6 Å². The Hall–Kier alpha value is -0.830. The summed E-state index contributed by atoms with van der Waals surface area (Å²) in [5, 5.41) is 4.54. The van der Waals surface area contributed by atoms with Gasteiger partial charge in [-0.2, -0.15) is 5.10 Å². The van der Waals surface area contributed by atoms with Crippen LogP contribution in [0, 0.1) is 19.8 Å². The summed E-state index contributed by atoms with van der Waals surface area (Å²) >= 11 is 0. The molecule has 0 saturated heterocycles. The summed E-state index contributed by atoms with van der Waals surface area (Å²) in [6, 6.07) is 0. The van der Waals surface area contributed by atoms with Crippen LogP contribution in [0.2, 0.25) is 0 Å². The fourth-order valence-corrected chi connectivity index (χ4v) is 2.09. The molecule has 0 aliphatic rings. The van der Waals surface area contributed by atoms with E-state index in [1.54, 1.807) is 0 Å². The highest BCUT2D eigenvalue weighted by atomic mass is 15.3. The maximum atomic E-state index is 5.70. The smallest absolute Gasteiger partial charge is 0.0641 e. The lowest BCUT2D eigenvalue weighted by Gasteiger charge is -2.11. The van der Waals surface area contributed by atoms with Gasteiger partial charge in [0.05, 0.1) is 5.69 Å². The molecule has 0 fully saturated rings. The Morgan fingerprint density at radius 2 is 2.07 bits per heavy atom. The highest BCUT2D eigenvalue weighted by Crippen LogP contribution is 2.15. The fourth-order valence-electron chi connectivity index (χ4n) is 2.09. The zero-order valence-electron chi connectivity index (χ0n) is 10.4. The van der Waals surface area contributed by atoms with Gasteiger partial charge in [-0.1, -0.05) is 20.3 Å². The van der Waals surface area contributed by atoms with Gasteiger partial charge in [-0.3, -0.25) is 4.68 Å². The van der Waals surface area contributed by atoms with Crippen molar-refractivity contribution in [1.29, 1.82) is 0 Å². The molecule has 1 aromatic rings. The average Bonchev–Trinajstić information content (AvgIpc) is 2.42. The van der Waals surface area contributed by atoms with Crippen LogP contribution in [0.15, 0.2) is 0 Å². The quantitative estimate of drug-likeness (QED) is 0.809. The molecule has 3 nitrogen and oxygen atoms in total. The molecule has 0 bridgehead atoms. The van der Waals surface area contributed by atoms with Gasteiger partial charge in [0, 0.05) is 24.3 Å². The number of aryl methyl sites for hydroxylation is 1. The molecule has 1 unspecified atom stereocenters. The van der Waals surface area contributed by atoms with Gasteiger partial charge in [-0.25, -0.2) is 0 Å². The third kappa shape index (κ3) is 2.81. The van der Waals surface area contributed by atoms with E-state index >= 15 is 0 Å². The normalized spacial score (nSPS) is 13.1. The van der Waals surface area contributed by atoms with Crippen molar-refractivity contribution in [2.24, 2.45) is 11.7 Å². The van der Waals surface area contributed by atoms with Crippen LogP contribution < -0.4 is 5.73 Å². The zero-order valence-corrected chi connectivity index (χ0v) is 10.4. The van der Waals surface area contributed by atoms with Crippen LogP contribution in [0.4, 0.5) is 0 Å². The topological polar surface area (TPSA) is 43.8 Å². The molecule has 15 heavy (non-hydrogen) atoms. The largest absolute Gasteiger partial charge is 0.326 e. The van der Waals surface area contributed by atoms with Crippen LogP contribution in [-0.4, -0.2) is 9.78 Å². The molecule has 1 rings (SSSR count). The third-order valence-corrected chi connectivity index (χ3v) is 3.00. The van der Waals surface area contributed by atoms with Crippen molar-refractivity contribution in [3.05, 3.63) is 17.0 Å². The number of hydrogen-bond acceptors (Lipinski definition) is 2. The van der Waals surface area contributed by atoms with Crippen molar-refractivity contribution in [2.75, 3.05) is 0 Å². The summed E-state index contributed by atoms with van der Waals surface area (Å²) in [6.07, 6.45) is 2.50. The van der Waals surface area contributed by atoms with Crippen LogP contribution in [-0.2, 0) is 13.1 Å². The lowest BCUT2D eigenvalue weighted by molar-refractivity contribution is 0.414. The summed E-state index contributed by atoms with van der Waals surface area (Å²) in [6.45, 7) is 10.3. The van der Waals surface area contributed by atoms with Crippen molar-refractivity contribution < 1.29 is 0 Å². The predicted molar refractivity (Wildman–Crippen MR) is 63.7 cm³/mol. The van der Waals surface area contributed by atoms with Crippen molar-refractivity contribution in [3.8, 4) is 0 Å². The number of hydrogen-bond donors (Lipinski definition) is 1. The summed E-state index contributed by atoms with van der Waals surface area (Å²) in [7, 11) is 0. The van der Waals surface area contributed by atoms with E-state index in [1.165, 1.54) is 24.1 Å². The molecular weight excluding hydrogens is 186 g/mol. The monoisotopic (exact) mass is 209 g/mol. The molecule has 1 heterocycles. The maximum Gasteiger partial charge on any atom is 0.0641 e. The van der Waals surface area contributed by atoms with E-state index in [0.29, 0.717) is 12.5 Å². The first kappa shape index (κ1) is 12.2. The van der Waals surface area contributed by atoms with E-state index in [0.717, 1.165) is 12.2 Å². The SMILES string of the molecule is CCCC(C)Cn1nc(C)c(CN)c1C. The van der Waals surface area contributed by atoms with Crippen LogP contribution in [0.25, 0.3) is 0 Å². The standard InChI is InChI=1S/C12H23N3/c1-5-6-9(2)8-15-11(4)12(7-13)10(3)14-15/h9H,5-8,13H2,1-4H3. The molecule has 0 aliphatic carbocycles. The van der Waals surface area contributed by atoms with Gasteiger partial charge in [0.2, 0.25) is 0 Å². The summed E-state index contributed by atoms with van der Waals surface area (Å²) in [5.74, 6) is 0.693. The van der Waals surface area contributed by atoms with Gasteiger partial charge in [0.15, 0.2) is 0 Å². The first-order valence-electron chi connectivity index (χ1n) is 5.83. The first-order valence-corrected chi connectivity index (χ1v) is 5.83. The molecule has 3 heteroatoms. The minimum atomic E-state index is 0.597. The van der Waals surface area contributed by atoms with Gasteiger partial charge in [-0.05, 0) is 26.2 Å². The Bertz CT molecular complexity index is 315. The molecular formula is C12H23N3. The maximum absolute atomic E-state index is 5.70. The predicted octanol–water partition coefficient (Wildman–Crippen LogP) is 2.39. The number of aromatic nitrogens is 2. The summed E-state index contributed by atoms with van der Waals surface area (Å²) in [4.78, 5) is 0. The lowest BCUT2D eigenvalue weighted by atomic mass is 10.1. The molecule has 0 aliphatic heterocycles. The van der Waals surface area contributed by atoms with E-state index in [9.17, 15) is 0 Å². The van der Waals surface area contributed by atoms with Crippen molar-refractivity contribution in [1.82, 2.24) is 9.78 Å². The second-order valence-electron chi connectivity index (χ2n) is 4.43. The minimum absolute atomic E-state index is 0.597. The highest BCUT2D eigenvalue weighted by Gasteiger charge is 2.11. The second-order valence-corrected chi connectivity index (χ2v) is 4.43. The average molecular weight is 209 g/mol. The Labute approximate surface area is 92.7 Å². The molecule has 86 valence electrons. The Balaban J connectivity index is 2.77.